The van der Waals surface area contributed by atoms with Gasteiger partial charge in [-0.3, -0.25) is 0 Å². The van der Waals surface area contributed by atoms with Crippen LogP contribution < -0.4 is 26.2 Å². The van der Waals surface area contributed by atoms with E-state index in [1.165, 1.54) is 164 Å². The van der Waals surface area contributed by atoms with Gasteiger partial charge >= 0.3 is 0 Å². The van der Waals surface area contributed by atoms with Gasteiger partial charge in [-0.1, -0.05) is 285 Å². The molecule has 1 aromatic heterocycles. The maximum absolute atomic E-state index is 2.63. The molecule has 100 heavy (non-hydrogen) atoms. The van der Waals surface area contributed by atoms with Gasteiger partial charge in [0.2, 0.25) is 0 Å². The van der Waals surface area contributed by atoms with Crippen LogP contribution in [0.25, 0.3) is 83.1 Å². The summed E-state index contributed by atoms with van der Waals surface area (Å²) in [7, 11) is 0. The molecule has 0 atom stereocenters. The summed E-state index contributed by atoms with van der Waals surface area (Å²) in [5, 5.41) is 2.45. The maximum atomic E-state index is 2.63. The van der Waals surface area contributed by atoms with Crippen LogP contribution in [0.1, 0.15) is 156 Å². The zero-order valence-electron chi connectivity index (χ0n) is 61.0. The lowest BCUT2D eigenvalue weighted by atomic mass is 9.33. The predicted octanol–water partition coefficient (Wildman–Crippen LogP) is 24.5. The lowest BCUT2D eigenvalue weighted by Crippen LogP contribution is -2.61. The third-order valence-corrected chi connectivity index (χ3v) is 23.8. The largest absolute Gasteiger partial charge is 0.311 e. The molecule has 4 heteroatoms. The van der Waals surface area contributed by atoms with E-state index in [2.05, 4.69) is 366 Å². The first kappa shape index (κ1) is 63.5. The van der Waals surface area contributed by atoms with Gasteiger partial charge in [0.15, 0.2) is 0 Å². The molecule has 4 aliphatic rings. The Morgan fingerprint density at radius 2 is 0.650 bits per heavy atom. The van der Waals surface area contributed by atoms with Crippen LogP contribution in [0.4, 0.5) is 34.1 Å². The molecule has 17 rings (SSSR count). The maximum Gasteiger partial charge on any atom is 0.252 e. The summed E-state index contributed by atoms with van der Waals surface area (Å²) in [5.41, 5.74) is 35.4. The van der Waals surface area contributed by atoms with Crippen LogP contribution in [0.2, 0.25) is 0 Å². The number of para-hydroxylation sites is 1. The second-order valence-corrected chi connectivity index (χ2v) is 34.3. The number of anilines is 6. The quantitative estimate of drug-likeness (QED) is 0.141. The molecular weight excluding hydrogens is 1210 g/mol. The van der Waals surface area contributed by atoms with Crippen molar-refractivity contribution >= 4 is 79.0 Å². The average Bonchev–Trinajstić information content (AvgIpc) is 0.863. The van der Waals surface area contributed by atoms with Crippen molar-refractivity contribution in [1.29, 1.82) is 0 Å². The fourth-order valence-corrected chi connectivity index (χ4v) is 17.6. The van der Waals surface area contributed by atoms with Gasteiger partial charge < -0.3 is 14.4 Å². The molecule has 0 bridgehead atoms. The molecule has 3 nitrogen and oxygen atoms in total. The number of hydrogen-bond acceptors (Lipinski definition) is 2. The molecule has 0 N–H and O–H groups in total. The van der Waals surface area contributed by atoms with Gasteiger partial charge in [-0.2, -0.15) is 0 Å². The van der Waals surface area contributed by atoms with E-state index in [1.807, 2.05) is 0 Å². The van der Waals surface area contributed by atoms with Crippen LogP contribution in [0.5, 0.6) is 0 Å². The molecule has 3 heterocycles. The number of hydrogen-bond donors (Lipinski definition) is 0. The summed E-state index contributed by atoms with van der Waals surface area (Å²) in [6.45, 7) is 33.3. The molecule has 0 spiro atoms. The molecule has 0 saturated heterocycles. The number of benzene rings is 12. The molecule has 13 aromatic rings. The van der Waals surface area contributed by atoms with Crippen molar-refractivity contribution in [3.63, 3.8) is 0 Å². The van der Waals surface area contributed by atoms with E-state index in [1.54, 1.807) is 0 Å². The fraction of sp³-hybridized carbons (Fsp3) is 0.250. The highest BCUT2D eigenvalue weighted by Crippen LogP contribution is 2.52. The lowest BCUT2D eigenvalue weighted by Gasteiger charge is -2.45. The van der Waals surface area contributed by atoms with Gasteiger partial charge in [-0.05, 0) is 230 Å². The molecule has 0 amide bonds. The summed E-state index contributed by atoms with van der Waals surface area (Å²) in [6, 6.07) is 99.2. The normalized spacial score (nSPS) is 16.2. The molecular formula is C96H92BN3. The van der Waals surface area contributed by atoms with Crippen LogP contribution in [0.15, 0.2) is 255 Å². The van der Waals surface area contributed by atoms with E-state index >= 15 is 0 Å². The minimum Gasteiger partial charge on any atom is -0.311 e. The Hall–Kier alpha value is -9.90. The topological polar surface area (TPSA) is 11.4 Å². The average molecular weight is 1300 g/mol. The van der Waals surface area contributed by atoms with Crippen molar-refractivity contribution in [2.45, 2.75) is 155 Å². The minimum absolute atomic E-state index is 0.0235. The van der Waals surface area contributed by atoms with Crippen molar-refractivity contribution in [3.8, 4) is 61.3 Å². The monoisotopic (exact) mass is 1300 g/mol. The number of fused-ring (bicyclic) bond motifs is 9. The van der Waals surface area contributed by atoms with Crippen LogP contribution in [0.3, 0.4) is 0 Å². The van der Waals surface area contributed by atoms with Gasteiger partial charge in [-0.15, -0.1) is 0 Å². The fourth-order valence-electron chi connectivity index (χ4n) is 17.6. The van der Waals surface area contributed by atoms with E-state index in [-0.39, 0.29) is 39.2 Å². The van der Waals surface area contributed by atoms with Crippen molar-refractivity contribution in [2.75, 3.05) is 9.80 Å². The van der Waals surface area contributed by atoms with Crippen LogP contribution in [-0.4, -0.2) is 11.3 Å². The summed E-state index contributed by atoms with van der Waals surface area (Å²) < 4.78 is 2.55. The van der Waals surface area contributed by atoms with Crippen molar-refractivity contribution in [3.05, 3.63) is 288 Å². The number of nitrogens with zero attached hydrogens (tertiary/aromatic N) is 3. The zero-order chi connectivity index (χ0) is 69.2. The Labute approximate surface area is 594 Å². The Kier molecular flexibility index (Phi) is 14.5. The molecule has 12 aromatic carbocycles. The lowest BCUT2D eigenvalue weighted by molar-refractivity contribution is 0.332. The first-order chi connectivity index (χ1) is 47.8. The third-order valence-electron chi connectivity index (χ3n) is 23.8. The molecule has 2 aliphatic carbocycles. The Bertz CT molecular complexity index is 5190. The second kappa shape index (κ2) is 22.8. The van der Waals surface area contributed by atoms with Crippen LogP contribution >= 0.6 is 0 Å². The summed E-state index contributed by atoms with van der Waals surface area (Å²) in [6.07, 6.45) is 4.73. The van der Waals surface area contributed by atoms with Gasteiger partial charge in [0, 0.05) is 44.9 Å². The third kappa shape index (κ3) is 10.5. The number of aromatic nitrogens is 1. The first-order valence-corrected chi connectivity index (χ1v) is 36.7. The summed E-state index contributed by atoms with van der Waals surface area (Å²) in [5.74, 6) is 0. The van der Waals surface area contributed by atoms with Gasteiger partial charge in [-0.25, -0.2) is 0 Å². The van der Waals surface area contributed by atoms with Gasteiger partial charge in [0.1, 0.15) is 0 Å². The van der Waals surface area contributed by atoms with E-state index in [4.69, 9.17) is 0 Å². The van der Waals surface area contributed by atoms with E-state index in [0.717, 1.165) is 28.4 Å². The van der Waals surface area contributed by atoms with Crippen LogP contribution in [0, 0.1) is 0 Å². The van der Waals surface area contributed by atoms with Crippen molar-refractivity contribution in [1.82, 2.24) is 4.57 Å². The molecule has 494 valence electrons. The Morgan fingerprint density at radius 1 is 0.280 bits per heavy atom. The van der Waals surface area contributed by atoms with E-state index in [0.29, 0.717) is 0 Å². The smallest absolute Gasteiger partial charge is 0.252 e. The standard InChI is InChI=1S/C96H92BN3/c1-91(2,3)71-26-20-24-64(52-71)69-36-45-82-86(57-69)98(73-39-30-62(31-40-73)67-34-43-78-80(55-67)95(11,12)50-48-93(78,7)8)88-59-75(100-84-29-19-18-28-76(84)77-54-66(38-47-85(77)100)61-22-16-15-17-23-61)60-89-90(88)97(82)83-46-37-70(65-25-21-27-72(53-65)92(4,5)6)58-87(83)99(89)74-41-32-63(33-42-74)68-35-44-79-81(56-68)96(13,14)51-49-94(79,9)10/h15-47,52-60H,48-51H2,1-14H3. The molecule has 0 radical (unpaired) electrons. The van der Waals surface area contributed by atoms with Crippen molar-refractivity contribution in [2.24, 2.45) is 0 Å². The first-order valence-electron chi connectivity index (χ1n) is 36.7. The summed E-state index contributed by atoms with van der Waals surface area (Å²) in [4.78, 5) is 5.26. The van der Waals surface area contributed by atoms with Crippen LogP contribution in [-0.2, 0) is 32.5 Å². The van der Waals surface area contributed by atoms with E-state index < -0.39 is 0 Å². The zero-order valence-corrected chi connectivity index (χ0v) is 61.0. The Morgan fingerprint density at radius 3 is 1.13 bits per heavy atom. The molecule has 2 aliphatic heterocycles. The highest BCUT2D eigenvalue weighted by Gasteiger charge is 2.45. The highest BCUT2D eigenvalue weighted by molar-refractivity contribution is 7.00. The Balaban J connectivity index is 0.941. The molecule has 0 unspecified atom stereocenters. The van der Waals surface area contributed by atoms with Gasteiger partial charge in [0.25, 0.3) is 6.71 Å². The highest BCUT2D eigenvalue weighted by atomic mass is 15.2. The summed E-state index contributed by atoms with van der Waals surface area (Å²) >= 11 is 0. The second-order valence-electron chi connectivity index (χ2n) is 34.3. The molecule has 0 fully saturated rings. The minimum atomic E-state index is -0.127. The number of rotatable bonds is 8. The molecule has 0 saturated carbocycles. The van der Waals surface area contributed by atoms with Crippen molar-refractivity contribution < 1.29 is 0 Å². The van der Waals surface area contributed by atoms with Gasteiger partial charge in [0.05, 0.1) is 16.7 Å². The predicted molar refractivity (Wildman–Crippen MR) is 430 cm³/mol. The SMILES string of the molecule is CC(C)(C)c1cccc(-c2ccc3c(c2)N(c2ccc(-c4ccc5c(c4)C(C)(C)CCC5(C)C)cc2)c2cc(-n4c5ccccc5c5cc(-c6ccccc6)ccc54)cc4c2B3c2ccc(-c3cccc(C(C)(C)C)c3)cc2N4c2ccc(-c3ccc4c(c3)C(C)(C)CCC4(C)C)cc2)c1. The van der Waals surface area contributed by atoms with E-state index in [9.17, 15) is 0 Å².